The van der Waals surface area contributed by atoms with E-state index in [4.69, 9.17) is 14.7 Å². The highest BCUT2D eigenvalue weighted by atomic mass is 32.2. The van der Waals surface area contributed by atoms with Gasteiger partial charge in [0.2, 0.25) is 0 Å². The van der Waals surface area contributed by atoms with Crippen LogP contribution in [0.3, 0.4) is 0 Å². The van der Waals surface area contributed by atoms with Gasteiger partial charge in [0.1, 0.15) is 13.2 Å². The molecule has 1 aromatic rings. The molecular formula is C12H10F3NO4S. The van der Waals surface area contributed by atoms with E-state index < -0.39 is 27.7 Å². The highest BCUT2D eigenvalue weighted by Crippen LogP contribution is 2.34. The summed E-state index contributed by atoms with van der Waals surface area (Å²) in [5, 5.41) is 8.48. The quantitative estimate of drug-likeness (QED) is 0.850. The maximum Gasteiger partial charge on any atom is 0.405 e. The van der Waals surface area contributed by atoms with Gasteiger partial charge in [0, 0.05) is 6.07 Å². The molecule has 0 spiro atoms. The van der Waals surface area contributed by atoms with Gasteiger partial charge in [-0.15, -0.1) is 0 Å². The molecule has 1 aliphatic heterocycles. The first kappa shape index (κ1) is 15.4. The van der Waals surface area contributed by atoms with Crippen LogP contribution in [-0.4, -0.2) is 33.6 Å². The monoisotopic (exact) mass is 321 g/mol. The van der Waals surface area contributed by atoms with Crippen LogP contribution in [0.4, 0.5) is 13.2 Å². The van der Waals surface area contributed by atoms with Crippen molar-refractivity contribution in [2.45, 2.75) is 11.1 Å². The Morgan fingerprint density at radius 2 is 1.86 bits per heavy atom. The van der Waals surface area contributed by atoms with Crippen LogP contribution in [0, 0.1) is 17.2 Å². The number of alkyl halides is 3. The van der Waals surface area contributed by atoms with Crippen LogP contribution >= 0.6 is 0 Å². The van der Waals surface area contributed by atoms with Crippen molar-refractivity contribution in [1.82, 2.24) is 0 Å². The first-order valence-corrected chi connectivity index (χ1v) is 7.48. The normalized spacial score (nSPS) is 16.1. The molecule has 1 aliphatic rings. The summed E-state index contributed by atoms with van der Waals surface area (Å²) in [4.78, 5) is -0.337. The number of halogens is 3. The van der Waals surface area contributed by atoms with E-state index >= 15 is 0 Å². The molecule has 0 aliphatic carbocycles. The number of benzene rings is 1. The number of ether oxygens (including phenoxy) is 2. The second-order valence-corrected chi connectivity index (χ2v) is 6.34. The Hall–Kier alpha value is -1.95. The third-order valence-corrected chi connectivity index (χ3v) is 4.55. The van der Waals surface area contributed by atoms with E-state index in [0.29, 0.717) is 12.4 Å². The maximum absolute atomic E-state index is 12.5. The van der Waals surface area contributed by atoms with Crippen LogP contribution in [0.5, 0.6) is 11.5 Å². The van der Waals surface area contributed by atoms with Crippen molar-refractivity contribution >= 4 is 9.84 Å². The first-order valence-electron chi connectivity index (χ1n) is 5.83. The largest absolute Gasteiger partial charge is 0.486 e. The number of hydrogen-bond acceptors (Lipinski definition) is 5. The number of sulfone groups is 1. The summed E-state index contributed by atoms with van der Waals surface area (Å²) >= 11 is 0. The summed E-state index contributed by atoms with van der Waals surface area (Å²) in [6, 6.07) is 4.52. The van der Waals surface area contributed by atoms with Crippen molar-refractivity contribution in [3.63, 3.8) is 0 Å². The third-order valence-electron chi connectivity index (χ3n) is 2.81. The summed E-state index contributed by atoms with van der Waals surface area (Å²) < 4.78 is 71.9. The number of rotatable bonds is 3. The van der Waals surface area contributed by atoms with Crippen molar-refractivity contribution in [2.24, 2.45) is 5.92 Å². The molecule has 0 radical (unpaired) electrons. The van der Waals surface area contributed by atoms with Crippen molar-refractivity contribution in [3.8, 4) is 17.6 Å². The van der Waals surface area contributed by atoms with Gasteiger partial charge in [0.15, 0.2) is 27.3 Å². The van der Waals surface area contributed by atoms with Gasteiger partial charge in [0.25, 0.3) is 0 Å². The van der Waals surface area contributed by atoms with Crippen LogP contribution in [0.1, 0.15) is 0 Å². The van der Waals surface area contributed by atoms with E-state index in [0.717, 1.165) is 18.2 Å². The second-order valence-electron chi connectivity index (χ2n) is 4.31. The van der Waals surface area contributed by atoms with E-state index in [1.807, 2.05) is 0 Å². The van der Waals surface area contributed by atoms with Crippen molar-refractivity contribution in [2.75, 3.05) is 19.0 Å². The van der Waals surface area contributed by atoms with Gasteiger partial charge in [0.05, 0.1) is 16.7 Å². The molecule has 0 bridgehead atoms. The highest BCUT2D eigenvalue weighted by Gasteiger charge is 2.43. The molecule has 0 fully saturated rings. The molecule has 1 aromatic carbocycles. The van der Waals surface area contributed by atoms with Gasteiger partial charge in [-0.05, 0) is 12.1 Å². The molecule has 0 N–H and O–H groups in total. The average molecular weight is 321 g/mol. The second kappa shape index (κ2) is 5.44. The predicted molar refractivity (Wildman–Crippen MR) is 64.6 cm³/mol. The average Bonchev–Trinajstić information content (AvgIpc) is 2.43. The van der Waals surface area contributed by atoms with Gasteiger partial charge >= 0.3 is 6.18 Å². The predicted octanol–water partition coefficient (Wildman–Crippen LogP) is 1.93. The lowest BCUT2D eigenvalue weighted by atomic mass is 10.2. The Morgan fingerprint density at radius 1 is 1.24 bits per heavy atom. The Bertz CT molecular complexity index is 679. The SMILES string of the molecule is N#CC(CS(=O)(=O)c1ccc2c(c1)OCCO2)C(F)(F)F. The van der Waals surface area contributed by atoms with Crippen molar-refractivity contribution < 1.29 is 31.1 Å². The van der Waals surface area contributed by atoms with Crippen molar-refractivity contribution in [3.05, 3.63) is 18.2 Å². The molecule has 0 aromatic heterocycles. The van der Waals surface area contributed by atoms with Gasteiger partial charge in [-0.3, -0.25) is 0 Å². The summed E-state index contributed by atoms with van der Waals surface area (Å²) in [5.74, 6) is -3.42. The Kier molecular flexibility index (Phi) is 4.00. The van der Waals surface area contributed by atoms with Gasteiger partial charge in [-0.2, -0.15) is 18.4 Å². The Labute approximate surface area is 118 Å². The van der Waals surface area contributed by atoms with Crippen molar-refractivity contribution in [1.29, 1.82) is 5.26 Å². The zero-order valence-electron chi connectivity index (χ0n) is 10.6. The van der Waals surface area contributed by atoms with Crippen LogP contribution in [0.25, 0.3) is 0 Å². The lowest BCUT2D eigenvalue weighted by Gasteiger charge is -2.19. The standard InChI is InChI=1S/C12H10F3NO4S/c13-12(14,15)8(6-16)7-21(17,18)9-1-2-10-11(5-9)20-4-3-19-10/h1-2,5,8H,3-4,7H2. The summed E-state index contributed by atoms with van der Waals surface area (Å²) in [6.45, 7) is 0.531. The molecule has 2 rings (SSSR count). The summed E-state index contributed by atoms with van der Waals surface area (Å²) in [7, 11) is -4.27. The Morgan fingerprint density at radius 3 is 2.43 bits per heavy atom. The third kappa shape index (κ3) is 3.39. The molecule has 21 heavy (non-hydrogen) atoms. The van der Waals surface area contributed by atoms with Gasteiger partial charge < -0.3 is 9.47 Å². The minimum atomic E-state index is -4.89. The zero-order chi connectivity index (χ0) is 15.7. The summed E-state index contributed by atoms with van der Waals surface area (Å²) in [5.41, 5.74) is 0. The number of fused-ring (bicyclic) bond motifs is 1. The number of nitrogens with zero attached hydrogens (tertiary/aromatic N) is 1. The molecule has 0 amide bonds. The topological polar surface area (TPSA) is 76.4 Å². The summed E-state index contributed by atoms with van der Waals surface area (Å²) in [6.07, 6.45) is -4.89. The fraction of sp³-hybridized carbons (Fsp3) is 0.417. The van der Waals surface area contributed by atoms with Crippen LogP contribution < -0.4 is 9.47 Å². The van der Waals surface area contributed by atoms with Crippen LogP contribution in [0.2, 0.25) is 0 Å². The molecule has 1 heterocycles. The van der Waals surface area contributed by atoms with Gasteiger partial charge in [-0.25, -0.2) is 8.42 Å². The van der Waals surface area contributed by atoms with E-state index in [1.165, 1.54) is 6.07 Å². The minimum Gasteiger partial charge on any atom is -0.486 e. The molecule has 5 nitrogen and oxygen atoms in total. The maximum atomic E-state index is 12.5. The fourth-order valence-corrected chi connectivity index (χ4v) is 3.19. The lowest BCUT2D eigenvalue weighted by Crippen LogP contribution is -2.29. The smallest absolute Gasteiger partial charge is 0.405 e. The Balaban J connectivity index is 2.30. The number of nitriles is 1. The molecule has 114 valence electrons. The molecule has 1 unspecified atom stereocenters. The van der Waals surface area contributed by atoms with E-state index in [1.54, 1.807) is 0 Å². The molecule has 9 heteroatoms. The van der Waals surface area contributed by atoms with Gasteiger partial charge in [-0.1, -0.05) is 0 Å². The molecular weight excluding hydrogens is 311 g/mol. The van der Waals surface area contributed by atoms with E-state index in [2.05, 4.69) is 0 Å². The molecule has 0 saturated heterocycles. The van der Waals surface area contributed by atoms with Crippen LogP contribution in [-0.2, 0) is 9.84 Å². The van der Waals surface area contributed by atoms with Crippen LogP contribution in [0.15, 0.2) is 23.1 Å². The minimum absolute atomic E-state index is 0.155. The van der Waals surface area contributed by atoms with E-state index in [9.17, 15) is 21.6 Å². The van der Waals surface area contributed by atoms with E-state index in [-0.39, 0.29) is 17.3 Å². The zero-order valence-corrected chi connectivity index (χ0v) is 11.4. The molecule has 1 atom stereocenters. The fourth-order valence-electron chi connectivity index (χ4n) is 1.74. The lowest BCUT2D eigenvalue weighted by molar-refractivity contribution is -0.153. The first-order chi connectivity index (χ1) is 9.74. The number of hydrogen-bond donors (Lipinski definition) is 0. The highest BCUT2D eigenvalue weighted by molar-refractivity contribution is 7.91. The molecule has 0 saturated carbocycles.